The van der Waals surface area contributed by atoms with E-state index in [0.717, 1.165) is 50.1 Å². The quantitative estimate of drug-likeness (QED) is 0.250. The average molecular weight is 593 g/mol. The molecule has 2 aliphatic heterocycles. The number of rotatable bonds is 8. The lowest BCUT2D eigenvalue weighted by Gasteiger charge is -2.34. The van der Waals surface area contributed by atoms with Crippen LogP contribution in [0.25, 0.3) is 21.5 Å². The number of likely N-dealkylation sites (N-methyl/N-ethyl adjacent to an activating group) is 1. The van der Waals surface area contributed by atoms with Crippen LogP contribution in [0.15, 0.2) is 36.5 Å². The largest absolute Gasteiger partial charge is 0.486 e. The van der Waals surface area contributed by atoms with Crippen molar-refractivity contribution in [1.82, 2.24) is 24.8 Å². The van der Waals surface area contributed by atoms with Crippen LogP contribution in [0.5, 0.6) is 5.75 Å². The Bertz CT molecular complexity index is 1570. The number of ether oxygens (including phenoxy) is 1. The number of hydrogen-bond donors (Lipinski definition) is 0. The van der Waals surface area contributed by atoms with Crippen LogP contribution in [0.1, 0.15) is 49.0 Å². The Hall–Kier alpha value is -3.21. The fourth-order valence-corrected chi connectivity index (χ4v) is 6.99. The van der Waals surface area contributed by atoms with Crippen LogP contribution in [-0.2, 0) is 6.42 Å². The van der Waals surface area contributed by atoms with E-state index in [1.807, 2.05) is 13.8 Å². The minimum absolute atomic E-state index is 0.0879. The third-order valence-corrected chi connectivity index (χ3v) is 9.43. The van der Waals surface area contributed by atoms with Crippen LogP contribution < -0.4 is 9.64 Å². The number of benzene rings is 2. The molecule has 6 rings (SSSR count). The normalized spacial score (nSPS) is 16.4. The van der Waals surface area contributed by atoms with Crippen LogP contribution >= 0.6 is 11.3 Å². The van der Waals surface area contributed by atoms with Gasteiger partial charge in [-0.05, 0) is 83.7 Å². The minimum atomic E-state index is -0.585. The van der Waals surface area contributed by atoms with Crippen molar-refractivity contribution in [3.05, 3.63) is 64.6 Å². The molecule has 0 radical (unpaired) electrons. The zero-order chi connectivity index (χ0) is 29.4. The minimum Gasteiger partial charge on any atom is -0.486 e. The first-order valence-electron chi connectivity index (χ1n) is 14.8. The van der Waals surface area contributed by atoms with Gasteiger partial charge >= 0.3 is 0 Å². The van der Waals surface area contributed by atoms with Gasteiger partial charge < -0.3 is 19.4 Å². The smallest absolute Gasteiger partial charge is 0.178 e. The molecule has 0 atom stereocenters. The van der Waals surface area contributed by atoms with Gasteiger partial charge in [0.2, 0.25) is 0 Å². The van der Waals surface area contributed by atoms with Crippen LogP contribution in [0.3, 0.4) is 0 Å². The lowest BCUT2D eigenvalue weighted by molar-refractivity contribution is 0.194. The Morgan fingerprint density at radius 2 is 1.86 bits per heavy atom. The van der Waals surface area contributed by atoms with Gasteiger partial charge in [0.15, 0.2) is 17.4 Å². The number of fused-ring (bicyclic) bond motifs is 2. The summed E-state index contributed by atoms with van der Waals surface area (Å²) in [5.74, 6) is 0.0776. The van der Waals surface area contributed by atoms with Crippen molar-refractivity contribution in [1.29, 1.82) is 0 Å². The number of halogens is 2. The van der Waals surface area contributed by atoms with Crippen LogP contribution in [0.2, 0.25) is 0 Å². The zero-order valence-corrected chi connectivity index (χ0v) is 25.6. The third kappa shape index (κ3) is 6.11. The molecule has 42 heavy (non-hydrogen) atoms. The lowest BCUT2D eigenvalue weighted by atomic mass is 9.97. The molecule has 0 bridgehead atoms. The van der Waals surface area contributed by atoms with Gasteiger partial charge in [0.05, 0.1) is 33.7 Å². The van der Waals surface area contributed by atoms with Crippen molar-refractivity contribution in [3.8, 4) is 17.0 Å². The van der Waals surface area contributed by atoms with Gasteiger partial charge in [0.25, 0.3) is 0 Å². The summed E-state index contributed by atoms with van der Waals surface area (Å²) in [4.78, 5) is 20.7. The lowest BCUT2D eigenvalue weighted by Crippen LogP contribution is -2.38. The second-order valence-corrected chi connectivity index (χ2v) is 12.9. The van der Waals surface area contributed by atoms with E-state index in [1.165, 1.54) is 22.0 Å². The topological polar surface area (TPSA) is 57.6 Å². The Labute approximate surface area is 250 Å². The zero-order valence-electron chi connectivity index (χ0n) is 24.7. The molecule has 1 saturated heterocycles. The van der Waals surface area contributed by atoms with Gasteiger partial charge in [-0.15, -0.1) is 11.3 Å². The van der Waals surface area contributed by atoms with Gasteiger partial charge in [-0.25, -0.2) is 23.7 Å². The van der Waals surface area contributed by atoms with E-state index in [0.29, 0.717) is 42.6 Å². The van der Waals surface area contributed by atoms with Crippen molar-refractivity contribution in [3.63, 3.8) is 0 Å². The first kappa shape index (κ1) is 28.9. The number of aromatic nitrogens is 3. The van der Waals surface area contributed by atoms with E-state index in [-0.39, 0.29) is 17.5 Å². The molecule has 1 fully saturated rings. The number of nitrogens with zero attached hydrogens (tertiary/aromatic N) is 6. The maximum absolute atomic E-state index is 15.1. The molecule has 0 aliphatic carbocycles. The summed E-state index contributed by atoms with van der Waals surface area (Å²) >= 11 is 1.79. The fourth-order valence-electron chi connectivity index (χ4n) is 5.87. The maximum Gasteiger partial charge on any atom is 0.178 e. The van der Waals surface area contributed by atoms with Gasteiger partial charge in [-0.2, -0.15) is 0 Å². The highest BCUT2D eigenvalue weighted by Crippen LogP contribution is 2.39. The average Bonchev–Trinajstić information content (AvgIpc) is 3.40. The van der Waals surface area contributed by atoms with E-state index >= 15 is 4.39 Å². The van der Waals surface area contributed by atoms with E-state index in [9.17, 15) is 4.39 Å². The summed E-state index contributed by atoms with van der Waals surface area (Å²) in [6.45, 7) is 9.56. The molecule has 0 amide bonds. The highest BCUT2D eigenvalue weighted by molar-refractivity contribution is 7.18. The van der Waals surface area contributed by atoms with E-state index in [2.05, 4.69) is 57.0 Å². The summed E-state index contributed by atoms with van der Waals surface area (Å²) in [5.41, 5.74) is 3.07. The Kier molecular flexibility index (Phi) is 8.38. The van der Waals surface area contributed by atoms with Crippen molar-refractivity contribution >= 4 is 27.2 Å². The van der Waals surface area contributed by atoms with Gasteiger partial charge in [0.1, 0.15) is 18.1 Å². The first-order valence-corrected chi connectivity index (χ1v) is 15.6. The Morgan fingerprint density at radius 1 is 1.05 bits per heavy atom. The molecule has 2 aliphatic rings. The highest BCUT2D eigenvalue weighted by Gasteiger charge is 2.26. The van der Waals surface area contributed by atoms with Gasteiger partial charge in [-0.1, -0.05) is 6.07 Å². The van der Waals surface area contributed by atoms with Crippen LogP contribution in [0.4, 0.5) is 14.5 Å². The van der Waals surface area contributed by atoms with Gasteiger partial charge in [0, 0.05) is 37.0 Å². The molecule has 0 unspecified atom stereocenters. The van der Waals surface area contributed by atoms with E-state index in [1.54, 1.807) is 17.4 Å². The molecular formula is C32H38F2N6OS. The van der Waals surface area contributed by atoms with Crippen LogP contribution in [0, 0.1) is 11.6 Å². The van der Waals surface area contributed by atoms with Gasteiger partial charge in [-0.3, -0.25) is 0 Å². The molecule has 2 aromatic heterocycles. The van der Waals surface area contributed by atoms with Crippen molar-refractivity contribution in [2.24, 2.45) is 0 Å². The molecule has 0 spiro atoms. The van der Waals surface area contributed by atoms with Crippen molar-refractivity contribution < 1.29 is 13.5 Å². The molecule has 2 aromatic carbocycles. The number of likely N-dealkylation sites (tertiary alicyclic amines) is 1. The van der Waals surface area contributed by atoms with Crippen LogP contribution in [-0.4, -0.2) is 84.2 Å². The molecule has 4 aromatic rings. The predicted octanol–water partition coefficient (Wildman–Crippen LogP) is 5.97. The predicted molar refractivity (Wildman–Crippen MR) is 165 cm³/mol. The molecule has 222 valence electrons. The number of hydrogen-bond acceptors (Lipinski definition) is 8. The van der Waals surface area contributed by atoms with E-state index < -0.39 is 11.6 Å². The second-order valence-electron chi connectivity index (χ2n) is 11.9. The molecule has 0 N–H and O–H groups in total. The maximum atomic E-state index is 15.1. The molecule has 4 heterocycles. The summed E-state index contributed by atoms with van der Waals surface area (Å²) in [5, 5.41) is 1.21. The Morgan fingerprint density at radius 3 is 2.62 bits per heavy atom. The number of piperidine rings is 1. The summed E-state index contributed by atoms with van der Waals surface area (Å²) in [6.07, 6.45) is 3.87. The third-order valence-electron chi connectivity index (χ3n) is 8.23. The SMILES string of the molecule is CC(C)N1CCOc2c(F)cc(-c3nc(Cc4ccc5sc(C6CCN(CCN(C)C)CC6)nc5c4)ncc3F)cc21. The van der Waals surface area contributed by atoms with Crippen molar-refractivity contribution in [2.75, 3.05) is 58.3 Å². The number of anilines is 1. The van der Waals surface area contributed by atoms with E-state index in [4.69, 9.17) is 9.72 Å². The standard InChI is InChI=1S/C32H38F2N6OS/c1-20(2)40-13-14-41-31-24(33)17-23(18-27(31)40)30-25(34)19-35-29(37-30)16-21-5-6-28-26(15-21)36-32(42-28)22-7-9-39(10-8-22)12-11-38(3)4/h5-6,15,17-20,22H,7-14,16H2,1-4H3. The molecule has 0 saturated carbocycles. The molecule has 7 nitrogen and oxygen atoms in total. The van der Waals surface area contributed by atoms with Crippen molar-refractivity contribution in [2.45, 2.75) is 45.1 Å². The second kappa shape index (κ2) is 12.2. The summed E-state index contributed by atoms with van der Waals surface area (Å²) < 4.78 is 36.8. The molecule has 10 heteroatoms. The first-order chi connectivity index (χ1) is 20.2. The highest BCUT2D eigenvalue weighted by atomic mass is 32.1. The summed E-state index contributed by atoms with van der Waals surface area (Å²) in [7, 11) is 4.24. The Balaban J connectivity index is 1.20. The monoisotopic (exact) mass is 592 g/mol. The molecular weight excluding hydrogens is 554 g/mol. The summed E-state index contributed by atoms with van der Waals surface area (Å²) in [6, 6.07) is 9.48. The fraction of sp³-hybridized carbons (Fsp3) is 0.469. The number of thiazole rings is 1.